The molecule has 0 saturated carbocycles. The highest BCUT2D eigenvalue weighted by Crippen LogP contribution is 2.31. The molecule has 3 nitrogen and oxygen atoms in total. The molecule has 0 aliphatic carbocycles. The number of carboxylic acid groups (broad SMARTS) is 1. The zero-order valence-electron chi connectivity index (χ0n) is 9.58. The van der Waals surface area contributed by atoms with Crippen LogP contribution < -0.4 is 4.74 Å². The zero-order chi connectivity index (χ0) is 12.3. The molecule has 0 radical (unpaired) electrons. The number of hydrogen-bond acceptors (Lipinski definition) is 2. The van der Waals surface area contributed by atoms with Crippen molar-refractivity contribution in [1.29, 1.82) is 0 Å². The zero-order valence-corrected chi connectivity index (χ0v) is 10.3. The summed E-state index contributed by atoms with van der Waals surface area (Å²) in [6.07, 6.45) is 0.0859. The van der Waals surface area contributed by atoms with E-state index >= 15 is 0 Å². The summed E-state index contributed by atoms with van der Waals surface area (Å²) in [5.74, 6) is -0.201. The van der Waals surface area contributed by atoms with Crippen LogP contribution in [0.2, 0.25) is 5.02 Å². The van der Waals surface area contributed by atoms with Crippen LogP contribution in [0.25, 0.3) is 0 Å². The normalized spacial score (nSPS) is 12.2. The lowest BCUT2D eigenvalue weighted by Gasteiger charge is -2.14. The minimum absolute atomic E-state index is 0.0792. The highest BCUT2D eigenvalue weighted by Gasteiger charge is 2.14. The molecule has 0 heterocycles. The smallest absolute Gasteiger partial charge is 0.303 e. The summed E-state index contributed by atoms with van der Waals surface area (Å²) in [4.78, 5) is 10.6. The van der Waals surface area contributed by atoms with Gasteiger partial charge in [0.1, 0.15) is 5.75 Å². The molecule has 1 aromatic carbocycles. The molecule has 0 amide bonds. The first kappa shape index (κ1) is 12.8. The summed E-state index contributed by atoms with van der Waals surface area (Å²) in [6, 6.07) is 3.64. The standard InChI is InChI=1S/C12H15ClO3/c1-7(4-12(14)15)9-5-10(13)8(2)11(6-9)16-3/h5-7H,4H2,1-3H3,(H,14,15). The molecule has 0 spiro atoms. The van der Waals surface area contributed by atoms with E-state index in [1.165, 1.54) is 0 Å². The summed E-state index contributed by atoms with van der Waals surface area (Å²) in [6.45, 7) is 3.72. The van der Waals surface area contributed by atoms with E-state index in [-0.39, 0.29) is 12.3 Å². The van der Waals surface area contributed by atoms with Crippen molar-refractivity contribution in [3.8, 4) is 5.75 Å². The fourth-order valence-corrected chi connectivity index (χ4v) is 1.77. The van der Waals surface area contributed by atoms with Gasteiger partial charge in [-0.25, -0.2) is 0 Å². The summed E-state index contributed by atoms with van der Waals surface area (Å²) in [5, 5.41) is 9.33. The summed E-state index contributed by atoms with van der Waals surface area (Å²) in [5.41, 5.74) is 1.75. The number of carboxylic acids is 1. The molecule has 1 N–H and O–H groups in total. The van der Waals surface area contributed by atoms with Gasteiger partial charge >= 0.3 is 5.97 Å². The highest BCUT2D eigenvalue weighted by atomic mass is 35.5. The lowest BCUT2D eigenvalue weighted by Crippen LogP contribution is -2.03. The minimum atomic E-state index is -0.817. The van der Waals surface area contributed by atoms with Gasteiger partial charge in [0.25, 0.3) is 0 Å². The van der Waals surface area contributed by atoms with E-state index in [0.29, 0.717) is 10.8 Å². The van der Waals surface area contributed by atoms with Crippen LogP contribution in [-0.2, 0) is 4.79 Å². The molecule has 1 atom stereocenters. The maximum atomic E-state index is 10.6. The Morgan fingerprint density at radius 2 is 2.19 bits per heavy atom. The maximum Gasteiger partial charge on any atom is 0.303 e. The second kappa shape index (κ2) is 5.21. The quantitative estimate of drug-likeness (QED) is 0.882. The average molecular weight is 243 g/mol. The van der Waals surface area contributed by atoms with Crippen molar-refractivity contribution in [3.05, 3.63) is 28.3 Å². The van der Waals surface area contributed by atoms with E-state index in [4.69, 9.17) is 21.4 Å². The number of aliphatic carboxylic acids is 1. The number of ether oxygens (including phenoxy) is 1. The van der Waals surface area contributed by atoms with Gasteiger partial charge in [-0.05, 0) is 30.5 Å². The van der Waals surface area contributed by atoms with Crippen LogP contribution in [0.15, 0.2) is 12.1 Å². The van der Waals surface area contributed by atoms with Gasteiger partial charge in [0.15, 0.2) is 0 Å². The summed E-state index contributed by atoms with van der Waals surface area (Å²) < 4.78 is 5.19. The Kier molecular flexibility index (Phi) is 4.19. The summed E-state index contributed by atoms with van der Waals surface area (Å²) >= 11 is 6.05. The Balaban J connectivity index is 3.05. The van der Waals surface area contributed by atoms with E-state index in [2.05, 4.69) is 0 Å². The van der Waals surface area contributed by atoms with Gasteiger partial charge in [0.2, 0.25) is 0 Å². The first-order valence-electron chi connectivity index (χ1n) is 5.01. The molecule has 16 heavy (non-hydrogen) atoms. The SMILES string of the molecule is COc1cc(C(C)CC(=O)O)cc(Cl)c1C. The Morgan fingerprint density at radius 3 is 2.69 bits per heavy atom. The molecule has 0 fully saturated rings. The first-order valence-corrected chi connectivity index (χ1v) is 5.39. The van der Waals surface area contributed by atoms with E-state index in [1.807, 2.05) is 19.9 Å². The van der Waals surface area contributed by atoms with Crippen molar-refractivity contribution in [2.45, 2.75) is 26.2 Å². The molecular formula is C12H15ClO3. The number of carbonyl (C=O) groups is 1. The predicted molar refractivity (Wildman–Crippen MR) is 63.4 cm³/mol. The van der Waals surface area contributed by atoms with Gasteiger partial charge in [-0.2, -0.15) is 0 Å². The van der Waals surface area contributed by atoms with E-state index < -0.39 is 5.97 Å². The van der Waals surface area contributed by atoms with E-state index in [0.717, 1.165) is 11.1 Å². The third-order valence-electron chi connectivity index (χ3n) is 2.59. The monoisotopic (exact) mass is 242 g/mol. The Labute approximate surface area is 100.0 Å². The third kappa shape index (κ3) is 2.89. The molecule has 0 aliphatic heterocycles. The van der Waals surface area contributed by atoms with Crippen molar-refractivity contribution in [1.82, 2.24) is 0 Å². The minimum Gasteiger partial charge on any atom is -0.496 e. The van der Waals surface area contributed by atoms with Gasteiger partial charge in [-0.1, -0.05) is 18.5 Å². The first-order chi connectivity index (χ1) is 7.45. The number of methoxy groups -OCH3 is 1. The second-order valence-electron chi connectivity index (χ2n) is 3.83. The van der Waals surface area contributed by atoms with Gasteiger partial charge in [0, 0.05) is 10.6 Å². The third-order valence-corrected chi connectivity index (χ3v) is 2.98. The van der Waals surface area contributed by atoms with Crippen LogP contribution in [0.3, 0.4) is 0 Å². The van der Waals surface area contributed by atoms with Gasteiger partial charge in [-0.3, -0.25) is 4.79 Å². The Hall–Kier alpha value is -1.22. The fraction of sp³-hybridized carbons (Fsp3) is 0.417. The molecule has 1 rings (SSSR count). The molecular weight excluding hydrogens is 228 g/mol. The fourth-order valence-electron chi connectivity index (χ4n) is 1.55. The van der Waals surface area contributed by atoms with E-state index in [1.54, 1.807) is 13.2 Å². The molecule has 88 valence electrons. The van der Waals surface area contributed by atoms with Crippen LogP contribution in [-0.4, -0.2) is 18.2 Å². The molecule has 0 saturated heterocycles. The molecule has 0 aliphatic rings. The number of rotatable bonds is 4. The average Bonchev–Trinajstić information content (AvgIpc) is 2.20. The number of halogens is 1. The van der Waals surface area contributed by atoms with Crippen LogP contribution in [0.5, 0.6) is 5.75 Å². The lowest BCUT2D eigenvalue weighted by molar-refractivity contribution is -0.137. The largest absolute Gasteiger partial charge is 0.496 e. The van der Waals surface area contributed by atoms with Crippen LogP contribution in [0.1, 0.15) is 30.4 Å². The molecule has 4 heteroatoms. The lowest BCUT2D eigenvalue weighted by atomic mass is 9.96. The maximum absolute atomic E-state index is 10.6. The molecule has 1 aromatic rings. The van der Waals surface area contributed by atoms with Crippen molar-refractivity contribution in [2.75, 3.05) is 7.11 Å². The second-order valence-corrected chi connectivity index (χ2v) is 4.24. The Morgan fingerprint density at radius 1 is 1.56 bits per heavy atom. The van der Waals surface area contributed by atoms with Crippen molar-refractivity contribution in [2.24, 2.45) is 0 Å². The van der Waals surface area contributed by atoms with Gasteiger partial charge < -0.3 is 9.84 Å². The molecule has 1 unspecified atom stereocenters. The highest BCUT2D eigenvalue weighted by molar-refractivity contribution is 6.31. The number of benzene rings is 1. The van der Waals surface area contributed by atoms with Crippen molar-refractivity contribution >= 4 is 17.6 Å². The summed E-state index contributed by atoms with van der Waals surface area (Å²) in [7, 11) is 1.57. The van der Waals surface area contributed by atoms with Crippen molar-refractivity contribution < 1.29 is 14.6 Å². The van der Waals surface area contributed by atoms with Gasteiger partial charge in [0.05, 0.1) is 13.5 Å². The van der Waals surface area contributed by atoms with Gasteiger partial charge in [-0.15, -0.1) is 0 Å². The predicted octanol–water partition coefficient (Wildman–Crippen LogP) is 3.24. The Bertz CT molecular complexity index is 401. The molecule has 0 bridgehead atoms. The van der Waals surface area contributed by atoms with Crippen molar-refractivity contribution in [3.63, 3.8) is 0 Å². The number of hydrogen-bond donors (Lipinski definition) is 1. The van der Waals surface area contributed by atoms with Crippen LogP contribution in [0, 0.1) is 6.92 Å². The van der Waals surface area contributed by atoms with Crippen LogP contribution in [0.4, 0.5) is 0 Å². The van der Waals surface area contributed by atoms with E-state index in [9.17, 15) is 4.79 Å². The topological polar surface area (TPSA) is 46.5 Å². The molecule has 0 aromatic heterocycles. The van der Waals surface area contributed by atoms with Crippen LogP contribution >= 0.6 is 11.6 Å².